The molecule has 190 valence electrons. The van der Waals surface area contributed by atoms with E-state index < -0.39 is 16.1 Å². The number of aryl methyl sites for hydroxylation is 1. The summed E-state index contributed by atoms with van der Waals surface area (Å²) >= 11 is 0. The Kier molecular flexibility index (Phi) is 7.86. The van der Waals surface area contributed by atoms with Crippen LogP contribution in [-0.2, 0) is 22.9 Å². The van der Waals surface area contributed by atoms with Crippen LogP contribution in [0.15, 0.2) is 47.4 Å². The monoisotopic (exact) mass is 501 g/mol. The van der Waals surface area contributed by atoms with Crippen molar-refractivity contribution in [1.29, 1.82) is 0 Å². The fourth-order valence-corrected chi connectivity index (χ4v) is 6.31. The molecule has 2 aliphatic rings. The van der Waals surface area contributed by atoms with Gasteiger partial charge in [0.25, 0.3) is 10.0 Å². The van der Waals surface area contributed by atoms with Gasteiger partial charge < -0.3 is 19.6 Å². The molecule has 35 heavy (non-hydrogen) atoms. The third-order valence-corrected chi connectivity index (χ3v) is 8.73. The first-order valence-electron chi connectivity index (χ1n) is 12.3. The van der Waals surface area contributed by atoms with Gasteiger partial charge in [0.1, 0.15) is 5.75 Å². The molecule has 0 spiro atoms. The zero-order chi connectivity index (χ0) is 25.0. The molecule has 8 nitrogen and oxygen atoms in total. The summed E-state index contributed by atoms with van der Waals surface area (Å²) < 4.78 is 33.6. The smallest absolute Gasteiger partial charge is 0.407 e. The summed E-state index contributed by atoms with van der Waals surface area (Å²) in [6.07, 6.45) is 3.92. The maximum Gasteiger partial charge on any atom is 0.407 e. The number of anilines is 1. The van der Waals surface area contributed by atoms with Crippen molar-refractivity contribution in [1.82, 2.24) is 9.80 Å². The second-order valence-electron chi connectivity index (χ2n) is 9.46. The third-order valence-electron chi connectivity index (χ3n) is 7.33. The van der Waals surface area contributed by atoms with E-state index in [-0.39, 0.29) is 4.90 Å². The van der Waals surface area contributed by atoms with Crippen molar-refractivity contribution < 1.29 is 23.1 Å². The van der Waals surface area contributed by atoms with Crippen LogP contribution >= 0.6 is 0 Å². The number of nitrogens with one attached hydrogen (secondary N) is 1. The molecule has 1 atom stereocenters. The molecule has 1 heterocycles. The largest absolute Gasteiger partial charge is 0.497 e. The Morgan fingerprint density at radius 2 is 1.83 bits per heavy atom. The molecule has 1 aliphatic heterocycles. The van der Waals surface area contributed by atoms with Crippen molar-refractivity contribution in [2.24, 2.45) is 5.92 Å². The van der Waals surface area contributed by atoms with Crippen LogP contribution < -0.4 is 9.46 Å². The molecule has 1 aliphatic carbocycles. The van der Waals surface area contributed by atoms with E-state index in [2.05, 4.69) is 16.5 Å². The van der Waals surface area contributed by atoms with Crippen molar-refractivity contribution in [2.45, 2.75) is 50.0 Å². The number of ether oxygens (including phenoxy) is 1. The van der Waals surface area contributed by atoms with Crippen molar-refractivity contribution >= 4 is 21.8 Å². The number of hydrogen-bond donors (Lipinski definition) is 2. The molecule has 2 aromatic carbocycles. The Morgan fingerprint density at radius 1 is 1.11 bits per heavy atom. The molecule has 1 fully saturated rings. The normalized spacial score (nSPS) is 18.8. The van der Waals surface area contributed by atoms with Gasteiger partial charge in [-0.05, 0) is 92.1 Å². The molecule has 1 saturated heterocycles. The fourth-order valence-electron chi connectivity index (χ4n) is 5.26. The molecule has 0 aromatic heterocycles. The summed E-state index contributed by atoms with van der Waals surface area (Å²) in [5.41, 5.74) is 3.04. The molecule has 0 radical (unpaired) electrons. The highest BCUT2D eigenvalue weighted by Gasteiger charge is 2.28. The van der Waals surface area contributed by atoms with Gasteiger partial charge in [-0.15, -0.1) is 0 Å². The van der Waals surface area contributed by atoms with E-state index in [1.165, 1.54) is 28.2 Å². The number of likely N-dealkylation sites (N-methyl/N-ethyl adjacent to an activating group) is 1. The van der Waals surface area contributed by atoms with Gasteiger partial charge in [0, 0.05) is 31.4 Å². The summed E-state index contributed by atoms with van der Waals surface area (Å²) in [4.78, 5) is 15.4. The molecular formula is C26H35N3O5S. The number of hydrogen-bond acceptors (Lipinski definition) is 5. The van der Waals surface area contributed by atoms with E-state index in [0.717, 1.165) is 45.2 Å². The number of sulfonamides is 1. The third kappa shape index (κ3) is 6.08. The summed E-state index contributed by atoms with van der Waals surface area (Å²) in [6, 6.07) is 12.6. The van der Waals surface area contributed by atoms with E-state index in [9.17, 15) is 18.3 Å². The Balaban J connectivity index is 1.41. The number of carboxylic acid groups (broad SMARTS) is 1. The van der Waals surface area contributed by atoms with Crippen LogP contribution in [0.25, 0.3) is 0 Å². The molecule has 0 saturated carbocycles. The van der Waals surface area contributed by atoms with Gasteiger partial charge in [-0.1, -0.05) is 13.0 Å². The van der Waals surface area contributed by atoms with Gasteiger partial charge in [0.2, 0.25) is 0 Å². The van der Waals surface area contributed by atoms with Crippen LogP contribution in [0.4, 0.5) is 10.5 Å². The highest BCUT2D eigenvalue weighted by molar-refractivity contribution is 7.92. The highest BCUT2D eigenvalue weighted by Crippen LogP contribution is 2.30. The lowest BCUT2D eigenvalue weighted by Gasteiger charge is -2.39. The Labute approximate surface area is 207 Å². The van der Waals surface area contributed by atoms with Crippen molar-refractivity contribution in [3.63, 3.8) is 0 Å². The minimum absolute atomic E-state index is 0.194. The second-order valence-corrected chi connectivity index (χ2v) is 11.1. The van der Waals surface area contributed by atoms with Crippen molar-refractivity contribution in [3.05, 3.63) is 53.6 Å². The van der Waals surface area contributed by atoms with Crippen LogP contribution in [0, 0.1) is 5.92 Å². The minimum Gasteiger partial charge on any atom is -0.497 e. The van der Waals surface area contributed by atoms with Crippen LogP contribution in [0.3, 0.4) is 0 Å². The van der Waals surface area contributed by atoms with Gasteiger partial charge in [0.05, 0.1) is 12.0 Å². The number of likely N-dealkylation sites (tertiary alicyclic amines) is 1. The lowest BCUT2D eigenvalue weighted by atomic mass is 9.86. The predicted octanol–water partition coefficient (Wildman–Crippen LogP) is 4.07. The SMILES string of the molecule is CCN(CC1CCN(C(=O)O)CC1)C1CCc2ccc(NS(=O)(=O)c3ccc(OC)cc3)cc2C1. The van der Waals surface area contributed by atoms with Gasteiger partial charge >= 0.3 is 6.09 Å². The Morgan fingerprint density at radius 3 is 2.46 bits per heavy atom. The Hall–Kier alpha value is -2.78. The topological polar surface area (TPSA) is 99.2 Å². The average molecular weight is 502 g/mol. The van der Waals surface area contributed by atoms with Crippen LogP contribution in [0.2, 0.25) is 0 Å². The van der Waals surface area contributed by atoms with Crippen LogP contribution in [-0.4, -0.2) is 68.7 Å². The second kappa shape index (κ2) is 10.9. The minimum atomic E-state index is -3.69. The van der Waals surface area contributed by atoms with E-state index in [1.807, 2.05) is 18.2 Å². The van der Waals surface area contributed by atoms with E-state index in [0.29, 0.717) is 36.5 Å². The zero-order valence-corrected chi connectivity index (χ0v) is 21.3. The first-order chi connectivity index (χ1) is 16.8. The number of methoxy groups -OCH3 is 1. The van der Waals surface area contributed by atoms with Gasteiger partial charge in [-0.3, -0.25) is 4.72 Å². The molecule has 2 N–H and O–H groups in total. The fraction of sp³-hybridized carbons (Fsp3) is 0.500. The molecule has 9 heteroatoms. The number of benzene rings is 2. The zero-order valence-electron chi connectivity index (χ0n) is 20.4. The lowest BCUT2D eigenvalue weighted by Crippen LogP contribution is -2.45. The summed E-state index contributed by atoms with van der Waals surface area (Å²) in [5, 5.41) is 9.20. The molecular weight excluding hydrogens is 466 g/mol. The van der Waals surface area contributed by atoms with Crippen molar-refractivity contribution in [2.75, 3.05) is 38.0 Å². The van der Waals surface area contributed by atoms with E-state index in [4.69, 9.17) is 4.74 Å². The predicted molar refractivity (Wildman–Crippen MR) is 136 cm³/mol. The standard InChI is InChI=1S/C26H35N3O5S/c1-3-28(18-19-12-14-29(15-13-19)26(30)31)23-7-5-20-4-6-22(16-21(20)17-23)27-35(32,33)25-10-8-24(34-2)9-11-25/h4,6,8-11,16,19,23,27H,3,5,7,12-15,17-18H2,1-2H3,(H,30,31). The highest BCUT2D eigenvalue weighted by atomic mass is 32.2. The van der Waals surface area contributed by atoms with E-state index >= 15 is 0 Å². The van der Waals surface area contributed by atoms with Gasteiger partial charge in [-0.25, -0.2) is 13.2 Å². The number of carbonyl (C=O) groups is 1. The lowest BCUT2D eigenvalue weighted by molar-refractivity contribution is 0.101. The van der Waals surface area contributed by atoms with Crippen molar-refractivity contribution in [3.8, 4) is 5.75 Å². The number of rotatable bonds is 8. The van der Waals surface area contributed by atoms with Gasteiger partial charge in [-0.2, -0.15) is 0 Å². The summed E-state index contributed by atoms with van der Waals surface area (Å²) in [6.45, 7) is 5.34. The van der Waals surface area contributed by atoms with Crippen LogP contribution in [0.1, 0.15) is 37.3 Å². The first kappa shape index (κ1) is 25.3. The van der Waals surface area contributed by atoms with Crippen LogP contribution in [0.5, 0.6) is 5.75 Å². The molecule has 4 rings (SSSR count). The summed E-state index contributed by atoms with van der Waals surface area (Å²) in [7, 11) is -2.15. The molecule has 0 bridgehead atoms. The molecule has 1 unspecified atom stereocenters. The van der Waals surface area contributed by atoms with E-state index in [1.54, 1.807) is 19.2 Å². The number of nitrogens with zero attached hydrogens (tertiary/aromatic N) is 2. The number of fused-ring (bicyclic) bond motifs is 1. The molecule has 2 aromatic rings. The van der Waals surface area contributed by atoms with Gasteiger partial charge in [0.15, 0.2) is 0 Å². The number of piperidine rings is 1. The number of amides is 1. The molecule has 1 amide bonds. The maximum absolute atomic E-state index is 12.9. The summed E-state index contributed by atoms with van der Waals surface area (Å²) in [5.74, 6) is 1.12. The Bertz CT molecular complexity index is 1130. The quantitative estimate of drug-likeness (QED) is 0.566. The average Bonchev–Trinajstić information content (AvgIpc) is 2.87. The first-order valence-corrected chi connectivity index (χ1v) is 13.8. The maximum atomic E-state index is 12.9.